The van der Waals surface area contributed by atoms with Crippen LogP contribution in [-0.4, -0.2) is 99.5 Å². The second-order valence-electron chi connectivity index (χ2n) is 16.1. The standard InChI is InChI=1S/C40H50N6O10S/c1-8-22-18-40(22,35(49)50)45-33(47)30-16-25(19-46(30)34(48)32(39(4,5)6)43-37(51)56-23-11-9-10-12-23)55-31-17-28(41-27-15-24(53-7)13-14-26(27)31)29-20-57-36(42-29)44-38(52)54-21(2)3/h8,13-15,17,20-23,25,30,32H,1,9-12,16,18-19H2,2-7H3,(H,43,51)(H,45,47)(H,49,50)(H,42,44,52). The second-order valence-corrected chi connectivity index (χ2v) is 16.9. The van der Waals surface area contributed by atoms with Crippen LogP contribution in [0.5, 0.6) is 11.5 Å². The molecule has 17 heteroatoms. The number of carbonyl (C=O) groups is 5. The fourth-order valence-corrected chi connectivity index (χ4v) is 8.00. The largest absolute Gasteiger partial charge is 0.497 e. The number of pyridine rings is 1. The van der Waals surface area contributed by atoms with Gasteiger partial charge >= 0.3 is 18.2 Å². The molecular formula is C40H50N6O10S. The molecule has 5 atom stereocenters. The average Bonchev–Trinajstić information content (AvgIpc) is 3.56. The van der Waals surface area contributed by atoms with E-state index >= 15 is 0 Å². The van der Waals surface area contributed by atoms with E-state index in [-0.39, 0.29) is 31.6 Å². The summed E-state index contributed by atoms with van der Waals surface area (Å²) in [5, 5.41) is 20.8. The van der Waals surface area contributed by atoms with Crippen molar-refractivity contribution in [2.45, 2.75) is 109 Å². The van der Waals surface area contributed by atoms with Crippen LogP contribution in [0.2, 0.25) is 0 Å². The van der Waals surface area contributed by atoms with Crippen molar-refractivity contribution in [2.24, 2.45) is 11.3 Å². The van der Waals surface area contributed by atoms with E-state index in [9.17, 15) is 29.1 Å². The summed E-state index contributed by atoms with van der Waals surface area (Å²) in [6, 6.07) is 4.72. The lowest BCUT2D eigenvalue weighted by Crippen LogP contribution is -2.59. The van der Waals surface area contributed by atoms with E-state index in [1.807, 2.05) is 0 Å². The van der Waals surface area contributed by atoms with Gasteiger partial charge in [0.1, 0.15) is 47.0 Å². The number of likely N-dealkylation sites (tertiary alicyclic amines) is 1. The number of aliphatic carboxylic acids is 1. The Kier molecular flexibility index (Phi) is 12.0. The highest BCUT2D eigenvalue weighted by Gasteiger charge is 2.61. The van der Waals surface area contributed by atoms with Crippen molar-refractivity contribution in [2.75, 3.05) is 19.0 Å². The number of nitrogens with zero attached hydrogens (tertiary/aromatic N) is 3. The molecule has 6 rings (SSSR count). The van der Waals surface area contributed by atoms with Crippen LogP contribution in [0.3, 0.4) is 0 Å². The quantitative estimate of drug-likeness (QED) is 0.149. The van der Waals surface area contributed by atoms with Crippen molar-refractivity contribution >= 4 is 57.3 Å². The molecule has 4 N–H and O–H groups in total. The number of amides is 4. The van der Waals surface area contributed by atoms with E-state index in [1.165, 1.54) is 29.4 Å². The first-order valence-corrected chi connectivity index (χ1v) is 19.9. The van der Waals surface area contributed by atoms with Gasteiger partial charge in [-0.25, -0.2) is 24.4 Å². The van der Waals surface area contributed by atoms with Crippen molar-refractivity contribution in [3.63, 3.8) is 0 Å². The number of carboxylic acids is 1. The Morgan fingerprint density at radius 2 is 1.79 bits per heavy atom. The molecule has 0 radical (unpaired) electrons. The fourth-order valence-electron chi connectivity index (χ4n) is 7.31. The Bertz CT molecular complexity index is 2040. The highest BCUT2D eigenvalue weighted by Crippen LogP contribution is 2.45. The van der Waals surface area contributed by atoms with Gasteiger partial charge in [-0.15, -0.1) is 17.9 Å². The van der Waals surface area contributed by atoms with Crippen molar-refractivity contribution in [3.05, 3.63) is 42.3 Å². The van der Waals surface area contributed by atoms with Gasteiger partial charge < -0.3 is 39.6 Å². The lowest BCUT2D eigenvalue weighted by atomic mass is 9.85. The zero-order chi connectivity index (χ0) is 41.2. The van der Waals surface area contributed by atoms with Crippen LogP contribution in [0, 0.1) is 11.3 Å². The summed E-state index contributed by atoms with van der Waals surface area (Å²) in [6.07, 6.45) is 2.39. The predicted molar refractivity (Wildman–Crippen MR) is 211 cm³/mol. The van der Waals surface area contributed by atoms with E-state index in [4.69, 9.17) is 23.9 Å². The van der Waals surface area contributed by atoms with Crippen molar-refractivity contribution < 1.29 is 48.0 Å². The van der Waals surface area contributed by atoms with Gasteiger partial charge in [0.2, 0.25) is 11.8 Å². The zero-order valence-corrected chi connectivity index (χ0v) is 33.8. The molecule has 3 fully saturated rings. The van der Waals surface area contributed by atoms with E-state index in [0.29, 0.717) is 38.9 Å². The molecule has 3 heterocycles. The molecule has 2 saturated carbocycles. The number of carbonyl (C=O) groups excluding carboxylic acids is 4. The maximum absolute atomic E-state index is 14.6. The lowest BCUT2D eigenvalue weighted by molar-refractivity contribution is -0.146. The third-order valence-electron chi connectivity index (χ3n) is 10.4. The van der Waals surface area contributed by atoms with Gasteiger partial charge in [-0.2, -0.15) is 0 Å². The number of rotatable bonds is 13. The van der Waals surface area contributed by atoms with Gasteiger partial charge in [0, 0.05) is 35.2 Å². The molecule has 5 unspecified atom stereocenters. The topological polar surface area (TPSA) is 208 Å². The molecule has 4 amide bonds. The molecule has 2 aliphatic carbocycles. The molecule has 57 heavy (non-hydrogen) atoms. The minimum atomic E-state index is -1.54. The van der Waals surface area contributed by atoms with Crippen molar-refractivity contribution in [1.82, 2.24) is 25.5 Å². The van der Waals surface area contributed by atoms with Gasteiger partial charge in [-0.05, 0) is 63.5 Å². The van der Waals surface area contributed by atoms with Crippen LogP contribution in [-0.2, 0) is 23.9 Å². The van der Waals surface area contributed by atoms with E-state index < -0.39 is 65.0 Å². The Labute approximate surface area is 334 Å². The Hall–Kier alpha value is -5.45. The zero-order valence-electron chi connectivity index (χ0n) is 33.0. The highest BCUT2D eigenvalue weighted by atomic mass is 32.1. The predicted octanol–water partition coefficient (Wildman–Crippen LogP) is 5.90. The molecule has 2 aromatic heterocycles. The molecule has 1 aliphatic heterocycles. The number of anilines is 1. The summed E-state index contributed by atoms with van der Waals surface area (Å²) >= 11 is 1.19. The minimum Gasteiger partial charge on any atom is -0.497 e. The first kappa shape index (κ1) is 41.2. The van der Waals surface area contributed by atoms with Crippen LogP contribution in [0.4, 0.5) is 14.7 Å². The number of hydrogen-bond donors (Lipinski definition) is 4. The van der Waals surface area contributed by atoms with Crippen LogP contribution >= 0.6 is 11.3 Å². The summed E-state index contributed by atoms with van der Waals surface area (Å²) in [5.41, 5.74) is -0.979. The van der Waals surface area contributed by atoms with Crippen molar-refractivity contribution in [3.8, 4) is 22.9 Å². The molecule has 16 nitrogen and oxygen atoms in total. The molecule has 3 aromatic rings. The summed E-state index contributed by atoms with van der Waals surface area (Å²) in [4.78, 5) is 77.1. The Morgan fingerprint density at radius 3 is 2.42 bits per heavy atom. The monoisotopic (exact) mass is 806 g/mol. The number of ether oxygens (including phenoxy) is 4. The van der Waals surface area contributed by atoms with Gasteiger partial charge in [-0.3, -0.25) is 14.9 Å². The molecule has 306 valence electrons. The van der Waals surface area contributed by atoms with Crippen molar-refractivity contribution in [1.29, 1.82) is 0 Å². The smallest absolute Gasteiger partial charge is 0.413 e. The van der Waals surface area contributed by atoms with Gasteiger partial charge in [0.15, 0.2) is 5.13 Å². The van der Waals surface area contributed by atoms with Crippen LogP contribution in [0.1, 0.15) is 73.1 Å². The number of nitrogens with one attached hydrogen (secondary N) is 3. The molecule has 1 saturated heterocycles. The maximum Gasteiger partial charge on any atom is 0.413 e. The Morgan fingerprint density at radius 1 is 1.05 bits per heavy atom. The minimum absolute atomic E-state index is 0.00739. The molecule has 1 aromatic carbocycles. The van der Waals surface area contributed by atoms with E-state index in [1.54, 1.807) is 64.3 Å². The number of benzene rings is 1. The first-order chi connectivity index (χ1) is 27.0. The van der Waals surface area contributed by atoms with E-state index in [0.717, 1.165) is 25.7 Å². The molecule has 0 spiro atoms. The van der Waals surface area contributed by atoms with Gasteiger partial charge in [0.05, 0.1) is 31.0 Å². The van der Waals surface area contributed by atoms with E-state index in [2.05, 4.69) is 27.5 Å². The summed E-state index contributed by atoms with van der Waals surface area (Å²) < 4.78 is 22.9. The number of hydrogen-bond acceptors (Lipinski definition) is 12. The molecule has 3 aliphatic rings. The molecular weight excluding hydrogens is 757 g/mol. The van der Waals surface area contributed by atoms with Crippen LogP contribution < -0.4 is 25.4 Å². The third-order valence-corrected chi connectivity index (χ3v) is 11.2. The second kappa shape index (κ2) is 16.6. The summed E-state index contributed by atoms with van der Waals surface area (Å²) in [7, 11) is 1.54. The fraction of sp³-hybridized carbons (Fsp3) is 0.525. The number of thiazole rings is 1. The molecule has 0 bridgehead atoms. The third kappa shape index (κ3) is 9.24. The van der Waals surface area contributed by atoms with Gasteiger partial charge in [-0.1, -0.05) is 26.8 Å². The number of alkyl carbamates (subject to hydrolysis) is 1. The normalized spacial score (nSPS) is 22.4. The Balaban J connectivity index is 1.31. The van der Waals surface area contributed by atoms with Crippen LogP contribution in [0.25, 0.3) is 22.3 Å². The number of aromatic nitrogens is 2. The average molecular weight is 807 g/mol. The van der Waals surface area contributed by atoms with Crippen LogP contribution in [0.15, 0.2) is 42.3 Å². The number of fused-ring (bicyclic) bond motifs is 1. The lowest BCUT2D eigenvalue weighted by Gasteiger charge is -2.35. The number of methoxy groups -OCH3 is 1. The summed E-state index contributed by atoms with van der Waals surface area (Å²) in [6.45, 7) is 12.5. The summed E-state index contributed by atoms with van der Waals surface area (Å²) in [5.74, 6) is -1.96. The SMILES string of the molecule is C=CC1CC1(NC(=O)C1CC(Oc2cc(-c3csc(NC(=O)OC(C)C)n3)nc3cc(OC)ccc23)CN1C(=O)C(NC(=O)OC1CCCC1)C(C)(C)C)C(=O)O. The maximum atomic E-state index is 14.6. The first-order valence-electron chi connectivity index (χ1n) is 19.1. The highest BCUT2D eigenvalue weighted by molar-refractivity contribution is 7.14. The number of carboxylic acid groups (broad SMARTS) is 1. The van der Waals surface area contributed by atoms with Gasteiger partial charge in [0.25, 0.3) is 0 Å².